The van der Waals surface area contributed by atoms with Crippen LogP contribution < -0.4 is 15.1 Å². The first-order valence-electron chi connectivity index (χ1n) is 13.9. The van der Waals surface area contributed by atoms with Crippen LogP contribution in [0.25, 0.3) is 0 Å². The van der Waals surface area contributed by atoms with E-state index in [2.05, 4.69) is 86.4 Å². The molecule has 1 amide bonds. The van der Waals surface area contributed by atoms with Crippen molar-refractivity contribution < 1.29 is 4.79 Å². The lowest BCUT2D eigenvalue weighted by atomic mass is 10.0. The molecule has 0 aliphatic carbocycles. The second-order valence-electron chi connectivity index (χ2n) is 10.8. The van der Waals surface area contributed by atoms with E-state index in [0.29, 0.717) is 12.2 Å². The molecule has 0 spiro atoms. The minimum absolute atomic E-state index is 0.177. The summed E-state index contributed by atoms with van der Waals surface area (Å²) in [5, 5.41) is 12.2. The molecule has 2 aliphatic rings. The summed E-state index contributed by atoms with van der Waals surface area (Å²) in [5.74, 6) is 1.56. The van der Waals surface area contributed by atoms with Gasteiger partial charge in [0, 0.05) is 71.4 Å². The number of amides is 1. The van der Waals surface area contributed by atoms with Crippen LogP contribution in [0.1, 0.15) is 41.2 Å². The van der Waals surface area contributed by atoms with Crippen LogP contribution in [0.2, 0.25) is 0 Å². The molecule has 39 heavy (non-hydrogen) atoms. The topological polar surface area (TPSA) is 93.6 Å². The van der Waals surface area contributed by atoms with Crippen molar-refractivity contribution in [1.82, 2.24) is 35.3 Å². The van der Waals surface area contributed by atoms with Gasteiger partial charge in [0.2, 0.25) is 0 Å². The molecular weight excluding hydrogens is 490 g/mol. The van der Waals surface area contributed by atoms with Gasteiger partial charge in [0.25, 0.3) is 5.91 Å². The van der Waals surface area contributed by atoms with Crippen LogP contribution in [0.3, 0.4) is 0 Å². The molecule has 210 valence electrons. The van der Waals surface area contributed by atoms with Gasteiger partial charge in [0.05, 0.1) is 18.1 Å². The second kappa shape index (κ2) is 13.1. The fraction of sp³-hybridized carbons (Fsp3) is 0.552. The zero-order chi connectivity index (χ0) is 27.9. The summed E-state index contributed by atoms with van der Waals surface area (Å²) in [6, 6.07) is 0.204. The Morgan fingerprint density at radius 3 is 2.51 bits per heavy atom. The number of rotatable bonds is 9. The average Bonchev–Trinajstić information content (AvgIpc) is 2.93. The van der Waals surface area contributed by atoms with Crippen molar-refractivity contribution in [3.8, 4) is 0 Å². The molecule has 2 aliphatic heterocycles. The quantitative estimate of drug-likeness (QED) is 0.487. The first kappa shape index (κ1) is 28.6. The number of aromatic nitrogens is 4. The first-order chi connectivity index (χ1) is 18.8. The van der Waals surface area contributed by atoms with E-state index in [0.717, 1.165) is 76.1 Å². The normalized spacial score (nSPS) is 19.3. The van der Waals surface area contributed by atoms with Gasteiger partial charge in [-0.25, -0.2) is 9.97 Å². The molecule has 0 aromatic carbocycles. The van der Waals surface area contributed by atoms with Gasteiger partial charge in [-0.2, -0.15) is 5.10 Å². The summed E-state index contributed by atoms with van der Waals surface area (Å²) >= 11 is 0. The zero-order valence-corrected chi connectivity index (χ0v) is 24.2. The number of piperazine rings is 2. The average molecular weight is 534 g/mol. The predicted molar refractivity (Wildman–Crippen MR) is 156 cm³/mol. The van der Waals surface area contributed by atoms with E-state index in [1.165, 1.54) is 16.7 Å². The monoisotopic (exact) mass is 533 g/mol. The molecule has 1 N–H and O–H groups in total. The Morgan fingerprint density at radius 1 is 1.08 bits per heavy atom. The number of carbonyl (C=O) groups is 1. The van der Waals surface area contributed by atoms with Gasteiger partial charge in [0.1, 0.15) is 11.5 Å². The molecule has 2 saturated heterocycles. The molecule has 10 heteroatoms. The van der Waals surface area contributed by atoms with E-state index in [4.69, 9.17) is 0 Å². The smallest absolute Gasteiger partial charge is 0.271 e. The summed E-state index contributed by atoms with van der Waals surface area (Å²) in [6.07, 6.45) is 7.90. The maximum atomic E-state index is 12.6. The van der Waals surface area contributed by atoms with Crippen molar-refractivity contribution >= 4 is 17.5 Å². The molecule has 4 heterocycles. The van der Waals surface area contributed by atoms with Crippen LogP contribution in [0.15, 0.2) is 36.7 Å². The summed E-state index contributed by atoms with van der Waals surface area (Å²) in [6.45, 7) is 20.4. The van der Waals surface area contributed by atoms with E-state index in [-0.39, 0.29) is 11.9 Å². The number of carbonyl (C=O) groups excluding carboxylic acids is 1. The first-order valence-corrected chi connectivity index (χ1v) is 13.9. The highest BCUT2D eigenvalue weighted by molar-refractivity contribution is 5.92. The second-order valence-corrected chi connectivity index (χ2v) is 10.8. The van der Waals surface area contributed by atoms with E-state index < -0.39 is 0 Å². The maximum Gasteiger partial charge on any atom is 0.271 e. The van der Waals surface area contributed by atoms with Crippen molar-refractivity contribution in [3.05, 3.63) is 59.2 Å². The van der Waals surface area contributed by atoms with Crippen molar-refractivity contribution in [1.29, 1.82) is 0 Å². The Bertz CT molecular complexity index is 1170. The zero-order valence-electron chi connectivity index (χ0n) is 24.2. The molecule has 10 nitrogen and oxygen atoms in total. The van der Waals surface area contributed by atoms with Crippen molar-refractivity contribution in [2.24, 2.45) is 0 Å². The van der Waals surface area contributed by atoms with Crippen molar-refractivity contribution in [2.75, 3.05) is 75.8 Å². The molecule has 0 radical (unpaired) electrons. The lowest BCUT2D eigenvalue weighted by molar-refractivity contribution is 0.0935. The minimum atomic E-state index is -0.177. The van der Waals surface area contributed by atoms with E-state index in [9.17, 15) is 4.79 Å². The largest absolute Gasteiger partial charge is 0.351 e. The third-order valence-electron chi connectivity index (χ3n) is 7.85. The number of likely N-dealkylation sites (N-methyl/N-ethyl adjacent to an activating group) is 1. The van der Waals surface area contributed by atoms with Gasteiger partial charge in [-0.3, -0.25) is 9.69 Å². The van der Waals surface area contributed by atoms with Gasteiger partial charge >= 0.3 is 0 Å². The summed E-state index contributed by atoms with van der Waals surface area (Å²) in [7, 11) is 2.14. The number of nitrogens with zero attached hydrogens (tertiary/aromatic N) is 8. The third kappa shape index (κ3) is 7.19. The number of anilines is 2. The number of hydrogen-bond acceptors (Lipinski definition) is 9. The molecule has 0 saturated carbocycles. The van der Waals surface area contributed by atoms with Crippen LogP contribution in [-0.4, -0.2) is 108 Å². The van der Waals surface area contributed by atoms with Gasteiger partial charge < -0.3 is 20.0 Å². The lowest BCUT2D eigenvalue weighted by Gasteiger charge is -2.41. The Kier molecular flexibility index (Phi) is 9.63. The Balaban J connectivity index is 1.31. The van der Waals surface area contributed by atoms with E-state index in [1.807, 2.05) is 12.2 Å². The highest BCUT2D eigenvalue weighted by Gasteiger charge is 2.28. The number of hydrogen-bond donors (Lipinski definition) is 1. The van der Waals surface area contributed by atoms with Gasteiger partial charge in [0.15, 0.2) is 5.82 Å². The molecular formula is C29H43N9O. The van der Waals surface area contributed by atoms with Gasteiger partial charge in [-0.1, -0.05) is 24.3 Å². The number of nitrogens with one attached hydrogen (secondary N) is 1. The molecule has 2 aromatic rings. The standard InChI is InChI=1S/C29H43N9O/c1-7-8-21(2)17-25-23(4)24(5)28(34-33-25)37-15-16-38(22(3)20-37)27-19-31-26(18-32-27)29(39)30-9-10-36-13-11-35(6)12-14-36/h7-8,18-19,22H,1,9-17,20H2,2-6H3,(H,30,39)/t22-/m1/s1. The Hall–Kier alpha value is -3.37. The SMILES string of the molecule is C=CC=C(C)Cc1nnc(N2CCN(c3cnc(C(=O)NCCN4CCN(C)CC4)cn3)[C@H](C)C2)c(C)c1C. The summed E-state index contributed by atoms with van der Waals surface area (Å²) in [4.78, 5) is 30.9. The summed E-state index contributed by atoms with van der Waals surface area (Å²) < 4.78 is 0. The third-order valence-corrected chi connectivity index (χ3v) is 7.85. The molecule has 0 bridgehead atoms. The fourth-order valence-electron chi connectivity index (χ4n) is 5.20. The summed E-state index contributed by atoms with van der Waals surface area (Å²) in [5.41, 5.74) is 4.94. The highest BCUT2D eigenvalue weighted by atomic mass is 16.1. The van der Waals surface area contributed by atoms with Crippen molar-refractivity contribution in [2.45, 2.75) is 40.2 Å². The molecule has 2 fully saturated rings. The molecule has 4 rings (SSSR count). The number of allylic oxidation sites excluding steroid dienone is 3. The molecule has 0 unspecified atom stereocenters. The van der Waals surface area contributed by atoms with Crippen LogP contribution in [0.4, 0.5) is 11.6 Å². The van der Waals surface area contributed by atoms with Crippen LogP contribution in [-0.2, 0) is 6.42 Å². The molecule has 2 aromatic heterocycles. The fourth-order valence-corrected chi connectivity index (χ4v) is 5.20. The van der Waals surface area contributed by atoms with Gasteiger partial charge in [-0.15, -0.1) is 5.10 Å². The minimum Gasteiger partial charge on any atom is -0.351 e. The van der Waals surface area contributed by atoms with E-state index in [1.54, 1.807) is 12.4 Å². The highest BCUT2D eigenvalue weighted by Crippen LogP contribution is 2.26. The van der Waals surface area contributed by atoms with Crippen LogP contribution in [0.5, 0.6) is 0 Å². The van der Waals surface area contributed by atoms with Crippen LogP contribution in [0, 0.1) is 13.8 Å². The Labute approximate surface area is 232 Å². The lowest BCUT2D eigenvalue weighted by Crippen LogP contribution is -2.53. The Morgan fingerprint density at radius 2 is 1.85 bits per heavy atom. The van der Waals surface area contributed by atoms with Gasteiger partial charge in [-0.05, 0) is 45.9 Å². The van der Waals surface area contributed by atoms with Crippen LogP contribution >= 0.6 is 0 Å². The predicted octanol–water partition coefficient (Wildman–Crippen LogP) is 2.25. The molecule has 1 atom stereocenters. The van der Waals surface area contributed by atoms with Crippen molar-refractivity contribution in [3.63, 3.8) is 0 Å². The maximum absolute atomic E-state index is 12.6. The van der Waals surface area contributed by atoms with E-state index >= 15 is 0 Å².